The summed E-state index contributed by atoms with van der Waals surface area (Å²) in [5.41, 5.74) is 6.77. The van der Waals surface area contributed by atoms with Gasteiger partial charge in [0.1, 0.15) is 11.4 Å². The maximum absolute atomic E-state index is 12.3. The third kappa shape index (κ3) is 4.10. The molecule has 8 heteroatoms. The minimum absolute atomic E-state index is 0.362. The molecule has 0 radical (unpaired) electrons. The minimum atomic E-state index is -0.524. The van der Waals surface area contributed by atoms with Gasteiger partial charge in [-0.3, -0.25) is 19.6 Å². The van der Waals surface area contributed by atoms with Gasteiger partial charge in [-0.1, -0.05) is 6.07 Å². The molecule has 0 bridgehead atoms. The summed E-state index contributed by atoms with van der Waals surface area (Å²) in [5.74, 6) is 0.430. The van der Waals surface area contributed by atoms with E-state index in [0.717, 1.165) is 58.4 Å². The Hall–Kier alpha value is -4.59. The van der Waals surface area contributed by atoms with Crippen molar-refractivity contribution in [3.63, 3.8) is 0 Å². The Morgan fingerprint density at radius 3 is 2.77 bits per heavy atom. The number of benzene rings is 1. The number of rotatable bonds is 5. The van der Waals surface area contributed by atoms with E-state index in [0.29, 0.717) is 12.3 Å². The van der Waals surface area contributed by atoms with Crippen LogP contribution in [0.25, 0.3) is 33.4 Å². The van der Waals surface area contributed by atoms with Crippen LogP contribution in [-0.4, -0.2) is 30.8 Å². The van der Waals surface area contributed by atoms with Crippen LogP contribution in [0.15, 0.2) is 79.4 Å². The second kappa shape index (κ2) is 8.98. The van der Waals surface area contributed by atoms with Gasteiger partial charge < -0.3 is 10.1 Å². The van der Waals surface area contributed by atoms with Crippen LogP contribution in [-0.2, 0) is 19.5 Å². The van der Waals surface area contributed by atoms with E-state index in [4.69, 9.17) is 9.84 Å². The van der Waals surface area contributed by atoms with E-state index in [1.807, 2.05) is 42.5 Å². The quantitative estimate of drug-likeness (QED) is 0.404. The number of nitrogens with zero attached hydrogens (tertiary/aromatic N) is 5. The maximum atomic E-state index is 12.3. The van der Waals surface area contributed by atoms with Crippen LogP contribution < -0.4 is 10.1 Å². The van der Waals surface area contributed by atoms with E-state index in [1.165, 1.54) is 5.69 Å². The van der Waals surface area contributed by atoms with Gasteiger partial charge in [0.2, 0.25) is 0 Å². The molecule has 172 valence electrons. The fraction of sp³-hybridized carbons (Fsp3) is 0.148. The lowest BCUT2D eigenvalue weighted by molar-refractivity contribution is 0.200. The van der Waals surface area contributed by atoms with E-state index in [2.05, 4.69) is 25.0 Å². The zero-order chi connectivity index (χ0) is 23.6. The molecular weight excluding hydrogens is 440 g/mol. The van der Waals surface area contributed by atoms with Gasteiger partial charge in [0.15, 0.2) is 0 Å². The third-order valence-corrected chi connectivity index (χ3v) is 6.13. The highest BCUT2D eigenvalue weighted by atomic mass is 16.6. The van der Waals surface area contributed by atoms with Crippen molar-refractivity contribution in [2.45, 2.75) is 25.9 Å². The summed E-state index contributed by atoms with van der Waals surface area (Å²) in [5, 5.41) is 8.62. The number of fused-ring (bicyclic) bond motifs is 2. The molecule has 6 rings (SSSR count). The molecule has 0 atom stereocenters. The lowest BCUT2D eigenvalue weighted by Gasteiger charge is -2.11. The SMILES string of the molecule is O=C(NCc1ccncc1)Oc1ccc2c(-c3c(-c4ccccn4)nn4c3CCC4)ccnc2c1. The number of aryl methyl sites for hydroxylation is 1. The molecule has 0 unspecified atom stereocenters. The average Bonchev–Trinajstić information content (AvgIpc) is 3.50. The lowest BCUT2D eigenvalue weighted by atomic mass is 9.96. The minimum Gasteiger partial charge on any atom is -0.410 e. The number of pyridine rings is 3. The Labute approximate surface area is 201 Å². The number of hydrogen-bond acceptors (Lipinski definition) is 6. The van der Waals surface area contributed by atoms with Crippen LogP contribution in [0.3, 0.4) is 0 Å². The van der Waals surface area contributed by atoms with Gasteiger partial charge >= 0.3 is 6.09 Å². The molecule has 5 aromatic rings. The van der Waals surface area contributed by atoms with Crippen molar-refractivity contribution >= 4 is 17.0 Å². The molecule has 8 nitrogen and oxygen atoms in total. The molecule has 1 amide bonds. The highest BCUT2D eigenvalue weighted by Crippen LogP contribution is 2.40. The normalized spacial score (nSPS) is 12.5. The van der Waals surface area contributed by atoms with Crippen LogP contribution in [0.5, 0.6) is 5.75 Å². The smallest absolute Gasteiger partial charge is 0.410 e. The van der Waals surface area contributed by atoms with Gasteiger partial charge in [-0.05, 0) is 66.4 Å². The molecule has 0 saturated carbocycles. The summed E-state index contributed by atoms with van der Waals surface area (Å²) < 4.78 is 7.60. The molecule has 4 aromatic heterocycles. The molecule has 1 aliphatic rings. The van der Waals surface area contributed by atoms with Crippen molar-refractivity contribution in [1.82, 2.24) is 30.0 Å². The fourth-order valence-electron chi connectivity index (χ4n) is 4.52. The molecule has 0 fully saturated rings. The number of aromatic nitrogens is 5. The largest absolute Gasteiger partial charge is 0.412 e. The number of carbonyl (C=O) groups excluding carboxylic acids is 1. The summed E-state index contributed by atoms with van der Waals surface area (Å²) >= 11 is 0. The molecular formula is C27H22N6O2. The second-order valence-electron chi connectivity index (χ2n) is 8.35. The first-order chi connectivity index (χ1) is 17.3. The summed E-state index contributed by atoms with van der Waals surface area (Å²) in [6.07, 6.45) is 8.47. The molecule has 0 aliphatic carbocycles. The molecule has 0 spiro atoms. The van der Waals surface area contributed by atoms with E-state index in [-0.39, 0.29) is 0 Å². The molecule has 1 N–H and O–H groups in total. The summed E-state index contributed by atoms with van der Waals surface area (Å²) in [4.78, 5) is 25.4. The van der Waals surface area contributed by atoms with Gasteiger partial charge in [0.25, 0.3) is 0 Å². The van der Waals surface area contributed by atoms with Crippen molar-refractivity contribution in [2.75, 3.05) is 0 Å². The fourth-order valence-corrected chi connectivity index (χ4v) is 4.52. The number of carbonyl (C=O) groups is 1. The Morgan fingerprint density at radius 2 is 1.91 bits per heavy atom. The van der Waals surface area contributed by atoms with Crippen LogP contribution in [0.1, 0.15) is 17.7 Å². The first kappa shape index (κ1) is 21.0. The highest BCUT2D eigenvalue weighted by Gasteiger charge is 2.25. The van der Waals surface area contributed by atoms with E-state index >= 15 is 0 Å². The second-order valence-corrected chi connectivity index (χ2v) is 8.35. The molecule has 5 heterocycles. The van der Waals surface area contributed by atoms with Gasteiger partial charge in [0.05, 0.1) is 11.2 Å². The molecule has 1 aromatic carbocycles. The predicted octanol–water partition coefficient (Wildman–Crippen LogP) is 4.79. The van der Waals surface area contributed by atoms with Gasteiger partial charge in [-0.2, -0.15) is 5.10 Å². The van der Waals surface area contributed by atoms with Crippen LogP contribution in [0, 0.1) is 0 Å². The number of nitrogens with one attached hydrogen (secondary N) is 1. The first-order valence-electron chi connectivity index (χ1n) is 11.5. The number of hydrogen-bond donors (Lipinski definition) is 1. The topological polar surface area (TPSA) is 94.8 Å². The van der Waals surface area contributed by atoms with Crippen molar-refractivity contribution in [3.05, 3.63) is 90.6 Å². The van der Waals surface area contributed by atoms with E-state index in [9.17, 15) is 4.79 Å². The zero-order valence-corrected chi connectivity index (χ0v) is 18.9. The predicted molar refractivity (Wildman–Crippen MR) is 132 cm³/mol. The lowest BCUT2D eigenvalue weighted by Crippen LogP contribution is -2.26. The molecule has 35 heavy (non-hydrogen) atoms. The van der Waals surface area contributed by atoms with Gasteiger partial charge in [0, 0.05) is 60.6 Å². The van der Waals surface area contributed by atoms with Gasteiger partial charge in [-0.25, -0.2) is 4.79 Å². The highest BCUT2D eigenvalue weighted by molar-refractivity contribution is 5.99. The number of amides is 1. The van der Waals surface area contributed by atoms with Crippen molar-refractivity contribution in [3.8, 4) is 28.3 Å². The molecule has 1 aliphatic heterocycles. The number of ether oxygens (including phenoxy) is 1. The van der Waals surface area contributed by atoms with E-state index in [1.54, 1.807) is 36.9 Å². The van der Waals surface area contributed by atoms with E-state index < -0.39 is 6.09 Å². The summed E-state index contributed by atoms with van der Waals surface area (Å²) in [6.45, 7) is 1.27. The Morgan fingerprint density at radius 1 is 1.00 bits per heavy atom. The van der Waals surface area contributed by atoms with Crippen molar-refractivity contribution < 1.29 is 9.53 Å². The molecule has 0 saturated heterocycles. The Balaban J connectivity index is 1.32. The average molecular weight is 463 g/mol. The first-order valence-corrected chi connectivity index (χ1v) is 11.5. The zero-order valence-electron chi connectivity index (χ0n) is 18.9. The van der Waals surface area contributed by atoms with Crippen LogP contribution >= 0.6 is 0 Å². The van der Waals surface area contributed by atoms with Crippen molar-refractivity contribution in [1.29, 1.82) is 0 Å². The summed E-state index contributed by atoms with van der Waals surface area (Å²) in [7, 11) is 0. The van der Waals surface area contributed by atoms with Crippen molar-refractivity contribution in [2.24, 2.45) is 0 Å². The maximum Gasteiger partial charge on any atom is 0.412 e. The third-order valence-electron chi connectivity index (χ3n) is 6.13. The Kier molecular flexibility index (Phi) is 5.38. The monoisotopic (exact) mass is 462 g/mol. The van der Waals surface area contributed by atoms with Gasteiger partial charge in [-0.15, -0.1) is 0 Å². The summed E-state index contributed by atoms with van der Waals surface area (Å²) in [6, 6.07) is 17.1. The van der Waals surface area contributed by atoms with Crippen LogP contribution in [0.4, 0.5) is 4.79 Å². The standard InChI is InChI=1S/C27H22N6O2/c34-27(31-17-18-8-12-28-13-9-18)35-19-6-7-20-21(10-14-30-23(20)16-19)25-24-5-3-15-33(24)32-26(25)22-4-1-2-11-29-22/h1-2,4,6-14,16H,3,5,15,17H2,(H,31,34). The van der Waals surface area contributed by atoms with Crippen LogP contribution in [0.2, 0.25) is 0 Å². The Bertz CT molecular complexity index is 1520.